The third-order valence-corrected chi connectivity index (χ3v) is 9.57. The molecule has 0 saturated carbocycles. The number of carbonyl (C=O) groups is 1. The number of unbranched alkanes of at least 4 members (excludes halogenated alkanes) is 2. The Labute approximate surface area is 228 Å². The lowest BCUT2D eigenvalue weighted by Crippen LogP contribution is -2.37. The van der Waals surface area contributed by atoms with Crippen molar-refractivity contribution in [2.45, 2.75) is 55.9 Å². The lowest BCUT2D eigenvalue weighted by Gasteiger charge is -2.30. The van der Waals surface area contributed by atoms with Gasteiger partial charge in [0.15, 0.2) is 0 Å². The van der Waals surface area contributed by atoms with E-state index in [0.29, 0.717) is 30.4 Å². The first-order chi connectivity index (χ1) is 18.4. The molecule has 1 aromatic heterocycles. The molecular weight excluding hydrogens is 525 g/mol. The predicted octanol–water partition coefficient (Wildman–Crippen LogP) is 4.90. The molecular formula is C28H34FN3O4S2. The molecule has 0 radical (unpaired) electrons. The third kappa shape index (κ3) is 8.17. The van der Waals surface area contributed by atoms with Gasteiger partial charge in [0.1, 0.15) is 12.4 Å². The molecule has 38 heavy (non-hydrogen) atoms. The van der Waals surface area contributed by atoms with Crippen molar-refractivity contribution in [3.8, 4) is 0 Å². The summed E-state index contributed by atoms with van der Waals surface area (Å²) in [6, 6.07) is 14.6. The van der Waals surface area contributed by atoms with Crippen LogP contribution in [0.25, 0.3) is 0 Å². The Bertz CT molecular complexity index is 1260. The number of hydrogen-bond acceptors (Lipinski definition) is 6. The summed E-state index contributed by atoms with van der Waals surface area (Å²) >= 11 is 1.67. The van der Waals surface area contributed by atoms with Crippen LogP contribution in [-0.4, -0.2) is 49.9 Å². The number of hydrogen-bond donors (Lipinski definition) is 1. The smallest absolute Gasteiger partial charge is 0.246 e. The molecule has 10 heteroatoms. The third-order valence-electron chi connectivity index (χ3n) is 6.60. The van der Waals surface area contributed by atoms with Gasteiger partial charge in [-0.2, -0.15) is 4.31 Å². The Balaban J connectivity index is 1.08. The molecule has 1 aliphatic rings. The molecule has 0 bridgehead atoms. The average Bonchev–Trinajstić information content (AvgIpc) is 3.41. The van der Waals surface area contributed by atoms with Gasteiger partial charge < -0.3 is 10.1 Å². The van der Waals surface area contributed by atoms with Gasteiger partial charge in [-0.3, -0.25) is 4.79 Å². The van der Waals surface area contributed by atoms with Gasteiger partial charge in [0.25, 0.3) is 0 Å². The maximum absolute atomic E-state index is 12.9. The number of piperidine rings is 1. The number of halogens is 1. The number of sulfonamides is 1. The number of nitrogens with one attached hydrogen (secondary N) is 1. The lowest BCUT2D eigenvalue weighted by atomic mass is 9.99. The van der Waals surface area contributed by atoms with Crippen LogP contribution < -0.4 is 5.32 Å². The Morgan fingerprint density at radius 1 is 1.05 bits per heavy atom. The number of aryl methyl sites for hydroxylation is 1. The summed E-state index contributed by atoms with van der Waals surface area (Å²) in [6.45, 7) is 1.89. The SMILES string of the molecule is O=C(COCc1ccc(F)cc1)NCCCCCc1csc(C2CCN(S(=O)(=O)c3ccccc3)CC2)n1. The summed E-state index contributed by atoms with van der Waals surface area (Å²) in [5.41, 5.74) is 1.91. The summed E-state index contributed by atoms with van der Waals surface area (Å²) in [4.78, 5) is 17.1. The zero-order chi connectivity index (χ0) is 26.8. The molecule has 0 atom stereocenters. The quantitative estimate of drug-likeness (QED) is 0.301. The Hall–Kier alpha value is -2.66. The highest BCUT2D eigenvalue weighted by molar-refractivity contribution is 7.89. The van der Waals surface area contributed by atoms with E-state index in [0.717, 1.165) is 54.8 Å². The van der Waals surface area contributed by atoms with Crippen molar-refractivity contribution in [3.05, 3.63) is 82.1 Å². The van der Waals surface area contributed by atoms with Gasteiger partial charge in [-0.1, -0.05) is 36.8 Å². The maximum Gasteiger partial charge on any atom is 0.246 e. The molecule has 0 aliphatic carbocycles. The molecule has 1 fully saturated rings. The number of nitrogens with zero attached hydrogens (tertiary/aromatic N) is 2. The highest BCUT2D eigenvalue weighted by atomic mass is 32.2. The minimum Gasteiger partial charge on any atom is -0.367 e. The minimum absolute atomic E-state index is 0.0178. The molecule has 2 aromatic carbocycles. The summed E-state index contributed by atoms with van der Waals surface area (Å²) in [6.07, 6.45) is 5.33. The van der Waals surface area contributed by atoms with Gasteiger partial charge in [0.05, 0.1) is 22.2 Å². The Morgan fingerprint density at radius 2 is 1.79 bits per heavy atom. The molecule has 1 amide bonds. The molecule has 3 aromatic rings. The van der Waals surface area contributed by atoms with Gasteiger partial charge in [0.2, 0.25) is 15.9 Å². The number of amides is 1. The molecule has 2 heterocycles. The van der Waals surface area contributed by atoms with Gasteiger partial charge in [-0.25, -0.2) is 17.8 Å². The van der Waals surface area contributed by atoms with E-state index in [9.17, 15) is 17.6 Å². The second-order valence-corrected chi connectivity index (χ2v) is 12.3. The van der Waals surface area contributed by atoms with E-state index in [4.69, 9.17) is 9.72 Å². The lowest BCUT2D eigenvalue weighted by molar-refractivity contribution is -0.126. The van der Waals surface area contributed by atoms with Crippen LogP contribution in [0, 0.1) is 5.82 Å². The first-order valence-electron chi connectivity index (χ1n) is 13.0. The van der Waals surface area contributed by atoms with Crippen LogP contribution >= 0.6 is 11.3 Å². The second kappa shape index (κ2) is 13.9. The molecule has 1 N–H and O–H groups in total. The number of aromatic nitrogens is 1. The van der Waals surface area contributed by atoms with E-state index in [2.05, 4.69) is 10.7 Å². The highest BCUT2D eigenvalue weighted by Crippen LogP contribution is 2.32. The molecule has 1 aliphatic heterocycles. The van der Waals surface area contributed by atoms with Crippen molar-refractivity contribution in [1.29, 1.82) is 0 Å². The standard InChI is InChI=1S/C28H34FN3O4S2/c29-24-12-10-22(11-13-24)19-36-20-27(33)30-16-6-2-3-7-25-21-37-28(31-25)23-14-17-32(18-15-23)38(34,35)26-8-4-1-5-9-26/h1,4-5,8-13,21,23H,2-3,6-7,14-20H2,(H,30,33). The van der Waals surface area contributed by atoms with Gasteiger partial charge in [0, 0.05) is 30.9 Å². The first kappa shape index (κ1) is 28.4. The fourth-order valence-electron chi connectivity index (χ4n) is 4.44. The normalized spacial score (nSPS) is 15.0. The van der Waals surface area contributed by atoms with Crippen molar-refractivity contribution in [3.63, 3.8) is 0 Å². The molecule has 204 valence electrons. The number of rotatable bonds is 13. The number of thiazole rings is 1. The van der Waals surface area contributed by atoms with E-state index in [1.54, 1.807) is 52.0 Å². The summed E-state index contributed by atoms with van der Waals surface area (Å²) in [5.74, 6) is -0.146. The van der Waals surface area contributed by atoms with Crippen molar-refractivity contribution in [2.75, 3.05) is 26.2 Å². The number of ether oxygens (including phenoxy) is 1. The van der Waals surface area contributed by atoms with Crippen LogP contribution in [-0.2, 0) is 32.6 Å². The Kier molecular flexibility index (Phi) is 10.4. The zero-order valence-corrected chi connectivity index (χ0v) is 23.0. The minimum atomic E-state index is -3.43. The van der Waals surface area contributed by atoms with E-state index in [1.165, 1.54) is 12.1 Å². The molecule has 4 rings (SSSR count). The zero-order valence-electron chi connectivity index (χ0n) is 21.4. The van der Waals surface area contributed by atoms with E-state index >= 15 is 0 Å². The summed E-state index contributed by atoms with van der Waals surface area (Å²) in [7, 11) is -3.43. The van der Waals surface area contributed by atoms with E-state index in [1.807, 2.05) is 6.07 Å². The van der Waals surface area contributed by atoms with E-state index < -0.39 is 10.0 Å². The predicted molar refractivity (Wildman–Crippen MR) is 146 cm³/mol. The van der Waals surface area contributed by atoms with Crippen LogP contribution in [0.15, 0.2) is 64.9 Å². The van der Waals surface area contributed by atoms with Crippen LogP contribution in [0.3, 0.4) is 0 Å². The Morgan fingerprint density at radius 3 is 2.53 bits per heavy atom. The monoisotopic (exact) mass is 559 g/mol. The van der Waals surface area contributed by atoms with Crippen molar-refractivity contribution >= 4 is 27.3 Å². The molecule has 0 spiro atoms. The maximum atomic E-state index is 12.9. The largest absolute Gasteiger partial charge is 0.367 e. The molecule has 0 unspecified atom stereocenters. The fraction of sp³-hybridized carbons (Fsp3) is 0.429. The van der Waals surface area contributed by atoms with E-state index in [-0.39, 0.29) is 24.9 Å². The van der Waals surface area contributed by atoms with Crippen molar-refractivity contribution in [2.24, 2.45) is 0 Å². The first-order valence-corrected chi connectivity index (χ1v) is 15.3. The molecule has 7 nitrogen and oxygen atoms in total. The van der Waals surface area contributed by atoms with Crippen LogP contribution in [0.1, 0.15) is 54.3 Å². The van der Waals surface area contributed by atoms with Crippen LogP contribution in [0.2, 0.25) is 0 Å². The van der Waals surface area contributed by atoms with Crippen molar-refractivity contribution in [1.82, 2.24) is 14.6 Å². The number of benzene rings is 2. The topological polar surface area (TPSA) is 88.6 Å². The summed E-state index contributed by atoms with van der Waals surface area (Å²) < 4.78 is 45.6. The van der Waals surface area contributed by atoms with Crippen molar-refractivity contribution < 1.29 is 22.3 Å². The molecule has 1 saturated heterocycles. The van der Waals surface area contributed by atoms with Crippen LogP contribution in [0.5, 0.6) is 0 Å². The van der Waals surface area contributed by atoms with Crippen LogP contribution in [0.4, 0.5) is 4.39 Å². The fourth-order valence-corrected chi connectivity index (χ4v) is 6.95. The second-order valence-electron chi connectivity index (χ2n) is 9.45. The van der Waals surface area contributed by atoms with Gasteiger partial charge >= 0.3 is 0 Å². The summed E-state index contributed by atoms with van der Waals surface area (Å²) in [5, 5.41) is 6.08. The van der Waals surface area contributed by atoms with Gasteiger partial charge in [-0.05, 0) is 61.9 Å². The van der Waals surface area contributed by atoms with Gasteiger partial charge in [-0.15, -0.1) is 11.3 Å². The average molecular weight is 560 g/mol. The highest BCUT2D eigenvalue weighted by Gasteiger charge is 2.30. The number of carbonyl (C=O) groups excluding carboxylic acids is 1.